The van der Waals surface area contributed by atoms with Crippen LogP contribution in [0.15, 0.2) is 121 Å². The number of halogens is 1. The normalized spacial score (nSPS) is 11.9. The Kier molecular flexibility index (Phi) is 9.15. The highest BCUT2D eigenvalue weighted by atomic mass is 79.9. The summed E-state index contributed by atoms with van der Waals surface area (Å²) >= 11 is 3.33. The molecule has 0 saturated carbocycles. The van der Waals surface area contributed by atoms with Gasteiger partial charge in [0.15, 0.2) is 0 Å². The Morgan fingerprint density at radius 2 is 0.875 bits per heavy atom. The minimum Gasteiger partial charge on any atom is -0.354 e. The highest BCUT2D eigenvalue weighted by molar-refractivity contribution is 9.09. The second kappa shape index (κ2) is 14.6. The smallest absolute Gasteiger partial charge is 0.235 e. The van der Waals surface area contributed by atoms with Crippen LogP contribution in [0.5, 0.6) is 0 Å². The lowest BCUT2D eigenvalue weighted by molar-refractivity contribution is -0.113. The van der Waals surface area contributed by atoms with E-state index in [2.05, 4.69) is 173 Å². The quantitative estimate of drug-likeness (QED) is 0.147. The van der Waals surface area contributed by atoms with Gasteiger partial charge in [-0.2, -0.15) is 0 Å². The van der Waals surface area contributed by atoms with Gasteiger partial charge in [-0.05, 0) is 92.1 Å². The van der Waals surface area contributed by atoms with Crippen LogP contribution in [0.2, 0.25) is 0 Å². The van der Waals surface area contributed by atoms with Gasteiger partial charge in [0.25, 0.3) is 0 Å². The van der Waals surface area contributed by atoms with Gasteiger partial charge in [-0.3, -0.25) is 4.79 Å². The molecule has 272 valence electrons. The molecule has 0 radical (unpaired) electrons. The fourth-order valence-electron chi connectivity index (χ4n) is 7.56. The lowest BCUT2D eigenvalue weighted by Crippen LogP contribution is -2.13. The van der Waals surface area contributed by atoms with Gasteiger partial charge in [-0.15, -0.1) is 0 Å². The van der Waals surface area contributed by atoms with Crippen molar-refractivity contribution in [3.8, 4) is 44.5 Å². The van der Waals surface area contributed by atoms with E-state index in [1.807, 2.05) is 24.3 Å². The molecule has 7 heteroatoms. The summed E-state index contributed by atoms with van der Waals surface area (Å²) in [5.74, 6) is -0.143. The number of carbonyl (C=O) groups excluding carboxylic acids is 1. The van der Waals surface area contributed by atoms with E-state index in [1.54, 1.807) is 0 Å². The van der Waals surface area contributed by atoms with Gasteiger partial charge in [0.05, 0.1) is 28.1 Å². The molecule has 0 saturated heterocycles. The molecule has 8 bridgehead atoms. The van der Waals surface area contributed by atoms with Crippen molar-refractivity contribution in [2.75, 3.05) is 10.6 Å². The van der Waals surface area contributed by atoms with E-state index >= 15 is 0 Å². The van der Waals surface area contributed by atoms with Crippen molar-refractivity contribution in [3.05, 3.63) is 161 Å². The molecule has 0 spiro atoms. The van der Waals surface area contributed by atoms with Crippen LogP contribution >= 0.6 is 15.9 Å². The lowest BCUT2D eigenvalue weighted by atomic mass is 10.00. The zero-order valence-corrected chi connectivity index (χ0v) is 32.8. The Labute approximate surface area is 333 Å². The first-order valence-corrected chi connectivity index (χ1v) is 19.8. The first-order valence-electron chi connectivity index (χ1n) is 18.7. The highest BCUT2D eigenvalue weighted by Crippen LogP contribution is 2.40. The van der Waals surface area contributed by atoms with Crippen LogP contribution in [0.25, 0.3) is 90.9 Å². The molecular formula is C49H38BrN5O. The number of carbonyl (C=O) groups is 1. The zero-order chi connectivity index (χ0) is 38.3. The minimum atomic E-state index is -0.143. The van der Waals surface area contributed by atoms with Crippen molar-refractivity contribution in [1.29, 1.82) is 0 Å². The molecule has 3 aromatic heterocycles. The number of hydrogen-bond acceptors (Lipinski definition) is 3. The van der Waals surface area contributed by atoms with Crippen molar-refractivity contribution in [2.24, 2.45) is 0 Å². The van der Waals surface area contributed by atoms with E-state index in [4.69, 9.17) is 9.97 Å². The number of nitrogens with one attached hydrogen (secondary N) is 3. The number of fused-ring (bicyclic) bond motifs is 8. The Morgan fingerprint density at radius 3 is 1.30 bits per heavy atom. The zero-order valence-electron chi connectivity index (χ0n) is 31.2. The molecule has 5 heterocycles. The number of alkyl halides is 1. The molecule has 1 amide bonds. The van der Waals surface area contributed by atoms with Gasteiger partial charge in [0.1, 0.15) is 0 Å². The molecule has 6 nitrogen and oxygen atoms in total. The molecule has 2 aliphatic rings. The van der Waals surface area contributed by atoms with E-state index < -0.39 is 0 Å². The first kappa shape index (κ1) is 35.2. The fraction of sp³-hybridized carbons (Fsp3) is 0.0816. The van der Waals surface area contributed by atoms with Crippen molar-refractivity contribution < 1.29 is 4.79 Å². The predicted octanol–water partition coefficient (Wildman–Crippen LogP) is 12.6. The lowest BCUT2D eigenvalue weighted by Gasteiger charge is -2.12. The Balaban J connectivity index is 1.46. The highest BCUT2D eigenvalue weighted by Gasteiger charge is 2.21. The summed E-state index contributed by atoms with van der Waals surface area (Å²) in [6.07, 6.45) is 8.28. The van der Waals surface area contributed by atoms with Crippen LogP contribution in [-0.2, 0) is 4.79 Å². The van der Waals surface area contributed by atoms with Gasteiger partial charge < -0.3 is 15.3 Å². The van der Waals surface area contributed by atoms with Gasteiger partial charge in [0, 0.05) is 55.6 Å². The van der Waals surface area contributed by atoms with E-state index in [-0.39, 0.29) is 11.2 Å². The summed E-state index contributed by atoms with van der Waals surface area (Å²) < 4.78 is 0. The predicted molar refractivity (Wildman–Crippen MR) is 237 cm³/mol. The van der Waals surface area contributed by atoms with Crippen molar-refractivity contribution in [3.63, 3.8) is 0 Å². The average molecular weight is 793 g/mol. The molecule has 0 atom stereocenters. The van der Waals surface area contributed by atoms with Crippen molar-refractivity contribution in [2.45, 2.75) is 20.8 Å². The number of benzene rings is 4. The average Bonchev–Trinajstić information content (AvgIpc) is 4.05. The number of aromatic amines is 2. The number of rotatable bonds is 6. The number of hydrogen-bond donors (Lipinski definition) is 3. The maximum Gasteiger partial charge on any atom is 0.235 e. The maximum absolute atomic E-state index is 12.8. The van der Waals surface area contributed by atoms with Gasteiger partial charge >= 0.3 is 0 Å². The van der Waals surface area contributed by atoms with E-state index in [9.17, 15) is 4.79 Å². The van der Waals surface area contributed by atoms with Crippen LogP contribution in [0.4, 0.5) is 5.69 Å². The Morgan fingerprint density at radius 1 is 0.500 bits per heavy atom. The second-order valence-corrected chi connectivity index (χ2v) is 14.9. The Bertz CT molecular complexity index is 2750. The summed E-state index contributed by atoms with van der Waals surface area (Å²) in [5.41, 5.74) is 19.1. The summed E-state index contributed by atoms with van der Waals surface area (Å²) in [6.45, 7) is 6.31. The summed E-state index contributed by atoms with van der Waals surface area (Å²) in [5, 5.41) is 3.27. The topological polar surface area (TPSA) is 86.5 Å². The van der Waals surface area contributed by atoms with E-state index in [0.29, 0.717) is 5.69 Å². The monoisotopic (exact) mass is 791 g/mol. The fourth-order valence-corrected chi connectivity index (χ4v) is 7.70. The summed E-state index contributed by atoms with van der Waals surface area (Å²) in [4.78, 5) is 31.3. The second-order valence-electron chi connectivity index (χ2n) is 14.3. The molecular weight excluding hydrogens is 754 g/mol. The molecule has 2 aliphatic heterocycles. The minimum absolute atomic E-state index is 0.143. The first-order chi connectivity index (χ1) is 27.3. The molecule has 0 aliphatic carbocycles. The van der Waals surface area contributed by atoms with Crippen molar-refractivity contribution >= 4 is 73.9 Å². The van der Waals surface area contributed by atoms with Crippen molar-refractivity contribution in [1.82, 2.24) is 19.9 Å². The molecule has 56 heavy (non-hydrogen) atoms. The molecule has 3 N–H and O–H groups in total. The third-order valence-corrected chi connectivity index (χ3v) is 10.9. The third kappa shape index (κ3) is 6.60. The van der Waals surface area contributed by atoms with Crippen LogP contribution in [0.3, 0.4) is 0 Å². The molecule has 9 rings (SSSR count). The number of para-hydroxylation sites is 1. The van der Waals surface area contributed by atoms with E-state index in [1.165, 1.54) is 16.7 Å². The van der Waals surface area contributed by atoms with E-state index in [0.717, 1.165) is 89.4 Å². The number of aromatic nitrogens is 4. The number of H-pyrrole nitrogens is 2. The molecule has 0 fully saturated rings. The number of anilines is 1. The van der Waals surface area contributed by atoms with Crippen LogP contribution in [0.1, 0.15) is 39.5 Å². The van der Waals surface area contributed by atoms with Gasteiger partial charge in [-0.1, -0.05) is 124 Å². The van der Waals surface area contributed by atoms with Gasteiger partial charge in [-0.25, -0.2) is 9.97 Å². The van der Waals surface area contributed by atoms with Crippen LogP contribution in [-0.4, -0.2) is 31.2 Å². The van der Waals surface area contributed by atoms with Gasteiger partial charge in [0.2, 0.25) is 5.91 Å². The number of aryl methyl sites for hydroxylation is 3. The van der Waals surface area contributed by atoms with Crippen LogP contribution < -0.4 is 5.32 Å². The Hall–Kier alpha value is -6.57. The van der Waals surface area contributed by atoms with Crippen LogP contribution in [0, 0.1) is 20.8 Å². The summed E-state index contributed by atoms with van der Waals surface area (Å²) in [6, 6.07) is 42.3. The number of amides is 1. The standard InChI is InChI=1S/C49H38BrN5O/c1-29-8-14-32(15-9-29)46-37-20-22-39(51-37)47(33-16-10-30(2)11-17-33)41-24-26-43(53-41)49(35-6-4-5-7-36(35)55-45(56)28-50)44-27-25-42(54-44)48(40-23-21-38(46)52-40)34-18-12-31(3)13-19-34/h4-27,51-52H,28H2,1-3H3,(H,55,56). The summed E-state index contributed by atoms with van der Waals surface area (Å²) in [7, 11) is 0. The third-order valence-electron chi connectivity index (χ3n) is 10.4. The SMILES string of the molecule is Cc1ccc(-c2c3nc(c(-c4ccccc4NC(=O)CBr)c4nc(c(-c5ccc(C)cc5)c5ccc([nH]5)c(-c5ccc(C)cc5)c5ccc2[nH]5)C=C4)C=C3)cc1. The maximum atomic E-state index is 12.8. The molecule has 4 aromatic carbocycles. The molecule has 7 aromatic rings. The number of nitrogens with zero attached hydrogens (tertiary/aromatic N) is 2. The largest absolute Gasteiger partial charge is 0.354 e. The molecule has 0 unspecified atom stereocenters.